The van der Waals surface area contributed by atoms with E-state index in [1.54, 1.807) is 0 Å². The quantitative estimate of drug-likeness (QED) is 0.250. The number of aryl methyl sites for hydroxylation is 2. The van der Waals surface area contributed by atoms with Crippen molar-refractivity contribution in [3.05, 3.63) is 53.6 Å². The molecule has 0 radical (unpaired) electrons. The predicted octanol–water partition coefficient (Wildman–Crippen LogP) is 7.96. The zero-order chi connectivity index (χ0) is 19.3. The average Bonchev–Trinajstić information content (AvgIpc) is 2.69. The molecule has 0 unspecified atom stereocenters. The molecule has 0 amide bonds. The van der Waals surface area contributed by atoms with Gasteiger partial charge in [-0.1, -0.05) is 81.8 Å². The highest BCUT2D eigenvalue weighted by atomic mass is 35.5. The molecule has 0 saturated carbocycles. The van der Waals surface area contributed by atoms with E-state index in [1.807, 2.05) is 0 Å². The monoisotopic (exact) mass is 386 g/mol. The third-order valence-corrected chi connectivity index (χ3v) is 5.34. The lowest BCUT2D eigenvalue weighted by atomic mass is 10.00. The van der Waals surface area contributed by atoms with E-state index in [9.17, 15) is 0 Å². The van der Waals surface area contributed by atoms with E-state index in [-0.39, 0.29) is 0 Å². The molecule has 148 valence electrons. The maximum atomic E-state index is 6.19. The minimum Gasteiger partial charge on any atom is -0.493 e. The summed E-state index contributed by atoms with van der Waals surface area (Å²) in [5.74, 6) is 1.82. The summed E-state index contributed by atoms with van der Waals surface area (Å²) in [7, 11) is 0. The second-order valence-electron chi connectivity index (χ2n) is 7.42. The van der Waals surface area contributed by atoms with Gasteiger partial charge in [-0.2, -0.15) is 0 Å². The van der Waals surface area contributed by atoms with Crippen LogP contribution < -0.4 is 4.74 Å². The van der Waals surface area contributed by atoms with Crippen molar-refractivity contribution < 1.29 is 4.74 Å². The van der Waals surface area contributed by atoms with Gasteiger partial charge in [-0.3, -0.25) is 0 Å². The first-order valence-corrected chi connectivity index (χ1v) is 11.2. The molecule has 0 aromatic heterocycles. The summed E-state index contributed by atoms with van der Waals surface area (Å²) in [5, 5.41) is 0. The number of rotatable bonds is 13. The van der Waals surface area contributed by atoms with Crippen LogP contribution in [0, 0.1) is 6.92 Å². The van der Waals surface area contributed by atoms with Crippen molar-refractivity contribution in [2.24, 2.45) is 0 Å². The highest BCUT2D eigenvalue weighted by molar-refractivity contribution is 6.17. The van der Waals surface area contributed by atoms with Crippen molar-refractivity contribution >= 4 is 11.6 Å². The molecule has 2 aromatic carbocycles. The Labute approximate surface area is 171 Å². The largest absolute Gasteiger partial charge is 0.493 e. The van der Waals surface area contributed by atoms with Crippen molar-refractivity contribution in [1.82, 2.24) is 0 Å². The molecule has 0 bridgehead atoms. The van der Waals surface area contributed by atoms with E-state index >= 15 is 0 Å². The molecule has 0 heterocycles. The van der Waals surface area contributed by atoms with Crippen molar-refractivity contribution in [3.63, 3.8) is 0 Å². The van der Waals surface area contributed by atoms with Crippen molar-refractivity contribution in [2.75, 3.05) is 12.5 Å². The van der Waals surface area contributed by atoms with E-state index < -0.39 is 0 Å². The van der Waals surface area contributed by atoms with Crippen LogP contribution in [0.15, 0.2) is 42.5 Å². The first-order valence-electron chi connectivity index (χ1n) is 10.6. The van der Waals surface area contributed by atoms with Gasteiger partial charge in [-0.25, -0.2) is 0 Å². The number of alkyl halides is 1. The normalized spacial score (nSPS) is 10.9. The summed E-state index contributed by atoms with van der Waals surface area (Å²) < 4.78 is 6.19. The zero-order valence-corrected chi connectivity index (χ0v) is 17.9. The SMILES string of the molecule is CCc1cccc(-c2ccc(C)cc2OCCCCCCCCCCCl)c1. The number of benzene rings is 2. The van der Waals surface area contributed by atoms with Crippen LogP contribution in [0.4, 0.5) is 0 Å². The molecule has 0 aliphatic carbocycles. The molecule has 27 heavy (non-hydrogen) atoms. The van der Waals surface area contributed by atoms with Crippen LogP contribution in [0.5, 0.6) is 5.75 Å². The maximum absolute atomic E-state index is 6.19. The van der Waals surface area contributed by atoms with Crippen molar-refractivity contribution in [1.29, 1.82) is 0 Å². The van der Waals surface area contributed by atoms with Crippen LogP contribution in [0.2, 0.25) is 0 Å². The minimum atomic E-state index is 0.802. The van der Waals surface area contributed by atoms with Gasteiger partial charge in [0.25, 0.3) is 0 Å². The molecule has 0 fully saturated rings. The van der Waals surface area contributed by atoms with Crippen LogP contribution in [0.25, 0.3) is 11.1 Å². The lowest BCUT2D eigenvalue weighted by molar-refractivity contribution is 0.305. The summed E-state index contributed by atoms with van der Waals surface area (Å²) in [4.78, 5) is 0. The molecule has 0 saturated heterocycles. The van der Waals surface area contributed by atoms with E-state index in [1.165, 1.54) is 60.8 Å². The molecule has 0 atom stereocenters. The lowest BCUT2D eigenvalue weighted by Crippen LogP contribution is -1.99. The molecule has 0 aliphatic rings. The Kier molecular flexibility index (Phi) is 10.4. The second-order valence-corrected chi connectivity index (χ2v) is 7.80. The molecular formula is C25H35ClO. The number of halogens is 1. The number of unbranched alkanes of at least 4 members (excludes halogenated alkanes) is 7. The van der Waals surface area contributed by atoms with Crippen LogP contribution >= 0.6 is 11.6 Å². The topological polar surface area (TPSA) is 9.23 Å². The van der Waals surface area contributed by atoms with Crippen LogP contribution in [-0.4, -0.2) is 12.5 Å². The lowest BCUT2D eigenvalue weighted by Gasteiger charge is -2.13. The van der Waals surface area contributed by atoms with Crippen molar-refractivity contribution in [3.8, 4) is 16.9 Å². The van der Waals surface area contributed by atoms with Gasteiger partial charge in [0.05, 0.1) is 6.61 Å². The fraction of sp³-hybridized carbons (Fsp3) is 0.520. The molecule has 0 aliphatic heterocycles. The fourth-order valence-electron chi connectivity index (χ4n) is 3.39. The first-order chi connectivity index (χ1) is 13.2. The van der Waals surface area contributed by atoms with Crippen LogP contribution in [-0.2, 0) is 6.42 Å². The average molecular weight is 387 g/mol. The van der Waals surface area contributed by atoms with Gasteiger partial charge >= 0.3 is 0 Å². The Morgan fingerprint density at radius 3 is 2.22 bits per heavy atom. The van der Waals surface area contributed by atoms with Crippen LogP contribution in [0.3, 0.4) is 0 Å². The Hall–Kier alpha value is -1.47. The van der Waals surface area contributed by atoms with Crippen molar-refractivity contribution in [2.45, 2.75) is 71.6 Å². The molecule has 1 nitrogen and oxygen atoms in total. The molecule has 2 rings (SSSR count). The van der Waals surface area contributed by atoms with Gasteiger partial charge in [0.15, 0.2) is 0 Å². The van der Waals surface area contributed by atoms with E-state index in [2.05, 4.69) is 56.3 Å². The van der Waals surface area contributed by atoms with Gasteiger partial charge in [-0.05, 0) is 48.9 Å². The molecule has 0 N–H and O–H groups in total. The smallest absolute Gasteiger partial charge is 0.127 e. The molecular weight excluding hydrogens is 352 g/mol. The third-order valence-electron chi connectivity index (χ3n) is 5.07. The zero-order valence-electron chi connectivity index (χ0n) is 17.1. The standard InChI is InChI=1S/C25H35ClO/c1-3-22-13-12-14-23(20-22)24-16-15-21(2)19-25(24)27-18-11-9-7-5-4-6-8-10-17-26/h12-16,19-20H,3-11,17-18H2,1-2H3. The summed E-state index contributed by atoms with van der Waals surface area (Å²) in [5.41, 5.74) is 5.07. The van der Waals surface area contributed by atoms with E-state index in [4.69, 9.17) is 16.3 Å². The van der Waals surface area contributed by atoms with Gasteiger partial charge in [-0.15, -0.1) is 11.6 Å². The van der Waals surface area contributed by atoms with Crippen LogP contribution in [0.1, 0.15) is 69.4 Å². The molecule has 2 aromatic rings. The van der Waals surface area contributed by atoms with Gasteiger partial charge in [0, 0.05) is 11.4 Å². The Balaban J connectivity index is 1.80. The Morgan fingerprint density at radius 1 is 0.815 bits per heavy atom. The van der Waals surface area contributed by atoms with Gasteiger partial charge in [0.2, 0.25) is 0 Å². The summed E-state index contributed by atoms with van der Waals surface area (Å²) in [6, 6.07) is 15.3. The number of ether oxygens (including phenoxy) is 1. The van der Waals surface area contributed by atoms with E-state index in [0.29, 0.717) is 0 Å². The molecule has 2 heteroatoms. The predicted molar refractivity (Wildman–Crippen MR) is 119 cm³/mol. The fourth-order valence-corrected chi connectivity index (χ4v) is 3.57. The number of hydrogen-bond acceptors (Lipinski definition) is 1. The summed E-state index contributed by atoms with van der Waals surface area (Å²) in [6.45, 7) is 5.13. The summed E-state index contributed by atoms with van der Waals surface area (Å²) >= 11 is 5.71. The third kappa shape index (κ3) is 7.97. The van der Waals surface area contributed by atoms with Gasteiger partial charge in [0.1, 0.15) is 5.75 Å². The maximum Gasteiger partial charge on any atom is 0.127 e. The second kappa shape index (κ2) is 12.8. The minimum absolute atomic E-state index is 0.802. The van der Waals surface area contributed by atoms with Gasteiger partial charge < -0.3 is 4.74 Å². The number of hydrogen-bond donors (Lipinski definition) is 0. The summed E-state index contributed by atoms with van der Waals surface area (Å²) in [6.07, 6.45) is 11.2. The van der Waals surface area contributed by atoms with E-state index in [0.717, 1.165) is 37.5 Å². The highest BCUT2D eigenvalue weighted by Gasteiger charge is 2.07. The Bertz CT molecular complexity index is 665. The highest BCUT2D eigenvalue weighted by Crippen LogP contribution is 2.32. The molecule has 0 spiro atoms. The first kappa shape index (κ1) is 21.8. The Morgan fingerprint density at radius 2 is 1.52 bits per heavy atom.